The van der Waals surface area contributed by atoms with Crippen LogP contribution >= 0.6 is 11.6 Å². The lowest BCUT2D eigenvalue weighted by atomic mass is 9.95. The Bertz CT molecular complexity index is 1240. The van der Waals surface area contributed by atoms with Crippen LogP contribution in [0.25, 0.3) is 5.76 Å². The topological polar surface area (TPSA) is 114 Å². The van der Waals surface area contributed by atoms with Gasteiger partial charge in [0.2, 0.25) is 0 Å². The lowest BCUT2D eigenvalue weighted by Crippen LogP contribution is -2.29. The molecule has 1 atom stereocenters. The highest BCUT2D eigenvalue weighted by Crippen LogP contribution is 2.41. The van der Waals surface area contributed by atoms with E-state index >= 15 is 0 Å². The quantitative estimate of drug-likeness (QED) is 0.204. The summed E-state index contributed by atoms with van der Waals surface area (Å²) < 4.78 is 0. The number of carbonyl (C=O) groups excluding carboxylic acids is 2. The molecule has 0 saturated carbocycles. The van der Waals surface area contributed by atoms with Crippen molar-refractivity contribution in [2.45, 2.75) is 12.6 Å². The minimum Gasteiger partial charge on any atom is -0.507 e. The van der Waals surface area contributed by atoms with Gasteiger partial charge in [-0.1, -0.05) is 29.8 Å². The largest absolute Gasteiger partial charge is 0.507 e. The molecule has 8 nitrogen and oxygen atoms in total. The minimum atomic E-state index is -1.02. The first-order chi connectivity index (χ1) is 15.4. The third-order valence-electron chi connectivity index (χ3n) is 5.13. The van der Waals surface area contributed by atoms with Crippen LogP contribution in [-0.4, -0.2) is 31.6 Å². The Hall–Kier alpha value is -4.04. The molecule has 32 heavy (non-hydrogen) atoms. The van der Waals surface area contributed by atoms with Crippen molar-refractivity contribution in [3.63, 3.8) is 0 Å². The molecule has 160 valence electrons. The lowest BCUT2D eigenvalue weighted by Gasteiger charge is -2.25. The van der Waals surface area contributed by atoms with Crippen LogP contribution in [0.15, 0.2) is 78.6 Å². The average Bonchev–Trinajstić information content (AvgIpc) is 3.05. The van der Waals surface area contributed by atoms with Crippen LogP contribution < -0.4 is 0 Å². The molecule has 0 bridgehead atoms. The number of aliphatic hydroxyl groups excluding tert-OH is 1. The summed E-state index contributed by atoms with van der Waals surface area (Å²) in [4.78, 5) is 42.0. The number of amides is 1. The molecule has 2 aromatic carbocycles. The molecule has 1 fully saturated rings. The van der Waals surface area contributed by atoms with Gasteiger partial charge in [-0.3, -0.25) is 24.7 Å². The van der Waals surface area contributed by atoms with Crippen LogP contribution in [0.5, 0.6) is 0 Å². The number of hydrogen-bond donors (Lipinski definition) is 1. The van der Waals surface area contributed by atoms with E-state index in [2.05, 4.69) is 4.98 Å². The van der Waals surface area contributed by atoms with E-state index in [-0.39, 0.29) is 23.6 Å². The highest BCUT2D eigenvalue weighted by Gasteiger charge is 2.46. The molecular weight excluding hydrogens is 434 g/mol. The summed E-state index contributed by atoms with van der Waals surface area (Å²) in [5.74, 6) is -2.08. The van der Waals surface area contributed by atoms with E-state index in [0.717, 1.165) is 0 Å². The first-order valence-electron chi connectivity index (χ1n) is 9.54. The second kappa shape index (κ2) is 8.60. The van der Waals surface area contributed by atoms with E-state index in [9.17, 15) is 24.8 Å². The van der Waals surface area contributed by atoms with Gasteiger partial charge in [-0.25, -0.2) is 0 Å². The second-order valence-electron chi connectivity index (χ2n) is 7.15. The van der Waals surface area contributed by atoms with Gasteiger partial charge in [-0.05, 0) is 41.5 Å². The average molecular weight is 450 g/mol. The number of hydrogen-bond acceptors (Lipinski definition) is 6. The van der Waals surface area contributed by atoms with Gasteiger partial charge in [0.05, 0.1) is 16.5 Å². The number of nitrogens with zero attached hydrogens (tertiary/aromatic N) is 3. The lowest BCUT2D eigenvalue weighted by molar-refractivity contribution is -0.384. The van der Waals surface area contributed by atoms with Crippen LogP contribution in [-0.2, 0) is 16.1 Å². The van der Waals surface area contributed by atoms with Crippen LogP contribution in [0.3, 0.4) is 0 Å². The van der Waals surface area contributed by atoms with Gasteiger partial charge in [0.25, 0.3) is 17.4 Å². The monoisotopic (exact) mass is 449 g/mol. The van der Waals surface area contributed by atoms with Crippen LogP contribution in [0, 0.1) is 10.1 Å². The number of nitro benzene ring substituents is 1. The van der Waals surface area contributed by atoms with E-state index in [1.165, 1.54) is 35.2 Å². The number of carbonyl (C=O) groups is 2. The number of rotatable bonds is 5. The Kier molecular flexibility index (Phi) is 5.70. The van der Waals surface area contributed by atoms with Crippen molar-refractivity contribution >= 4 is 34.7 Å². The van der Waals surface area contributed by atoms with Crippen molar-refractivity contribution in [3.8, 4) is 0 Å². The number of nitro groups is 1. The normalized spacial score (nSPS) is 17.5. The van der Waals surface area contributed by atoms with Gasteiger partial charge in [0.15, 0.2) is 0 Å². The number of Topliss-reactive ketones (excluding diaryl/α,β-unsaturated/α-hetero) is 1. The van der Waals surface area contributed by atoms with E-state index in [0.29, 0.717) is 21.7 Å². The molecule has 4 rings (SSSR count). The second-order valence-corrected chi connectivity index (χ2v) is 7.58. The molecule has 1 aromatic heterocycles. The summed E-state index contributed by atoms with van der Waals surface area (Å²) in [5.41, 5.74) is 0.945. The summed E-state index contributed by atoms with van der Waals surface area (Å²) >= 11 is 5.92. The van der Waals surface area contributed by atoms with E-state index in [1.54, 1.807) is 42.7 Å². The number of halogens is 1. The van der Waals surface area contributed by atoms with Crippen molar-refractivity contribution in [2.75, 3.05) is 0 Å². The van der Waals surface area contributed by atoms with Crippen molar-refractivity contribution in [1.29, 1.82) is 0 Å². The predicted octanol–water partition coefficient (Wildman–Crippen LogP) is 4.27. The molecule has 1 aliphatic heterocycles. The molecule has 9 heteroatoms. The fraction of sp³-hybridized carbons (Fsp3) is 0.0870. The molecule has 3 aromatic rings. The molecule has 0 radical (unpaired) electrons. The Morgan fingerprint density at radius 1 is 1.12 bits per heavy atom. The molecule has 1 saturated heterocycles. The third kappa shape index (κ3) is 3.95. The van der Waals surface area contributed by atoms with Gasteiger partial charge < -0.3 is 10.0 Å². The van der Waals surface area contributed by atoms with Gasteiger partial charge in [-0.15, -0.1) is 0 Å². The van der Waals surface area contributed by atoms with Crippen molar-refractivity contribution in [3.05, 3.63) is 110 Å². The molecule has 0 aliphatic carbocycles. The fourth-order valence-electron chi connectivity index (χ4n) is 3.65. The van der Waals surface area contributed by atoms with E-state index in [4.69, 9.17) is 11.6 Å². The molecule has 0 unspecified atom stereocenters. The highest BCUT2D eigenvalue weighted by atomic mass is 35.5. The Morgan fingerprint density at radius 2 is 1.88 bits per heavy atom. The number of benzene rings is 2. The predicted molar refractivity (Wildman–Crippen MR) is 117 cm³/mol. The number of likely N-dealkylation sites (tertiary alicyclic amines) is 1. The zero-order valence-electron chi connectivity index (χ0n) is 16.5. The first kappa shape index (κ1) is 21.2. The van der Waals surface area contributed by atoms with Gasteiger partial charge in [0.1, 0.15) is 5.76 Å². The molecule has 0 spiro atoms. The maximum absolute atomic E-state index is 13.0. The summed E-state index contributed by atoms with van der Waals surface area (Å²) in [6.45, 7) is 0.0309. The fourth-order valence-corrected chi connectivity index (χ4v) is 3.78. The van der Waals surface area contributed by atoms with Crippen molar-refractivity contribution in [1.82, 2.24) is 9.88 Å². The SMILES string of the molecule is O=C1C(=O)N(Cc2cccnc2)[C@H](c2cccc([N+](=O)[O-])c2)C1=C(O)c1ccc(Cl)cc1. The standard InChI is InChI=1S/C23H16ClN3O5/c24-17-8-6-15(7-9-17)21(28)19-20(16-4-1-5-18(11-16)27(31)32)26(23(30)22(19)29)13-14-3-2-10-25-12-14/h1-12,20,28H,13H2/t20-/m1/s1. The highest BCUT2D eigenvalue weighted by molar-refractivity contribution is 6.46. The number of non-ortho nitro benzene ring substituents is 1. The first-order valence-corrected chi connectivity index (χ1v) is 9.92. The van der Waals surface area contributed by atoms with Crippen molar-refractivity contribution < 1.29 is 19.6 Å². The maximum atomic E-state index is 13.0. The molecule has 2 heterocycles. The minimum absolute atomic E-state index is 0.0309. The Morgan fingerprint density at radius 3 is 2.53 bits per heavy atom. The molecular formula is C23H16ClN3O5. The van der Waals surface area contributed by atoms with Crippen LogP contribution in [0.4, 0.5) is 5.69 Å². The van der Waals surface area contributed by atoms with Gasteiger partial charge >= 0.3 is 0 Å². The van der Waals surface area contributed by atoms with Crippen LogP contribution in [0.2, 0.25) is 5.02 Å². The number of ketones is 1. The summed E-state index contributed by atoms with van der Waals surface area (Å²) in [6.07, 6.45) is 3.14. The summed E-state index contributed by atoms with van der Waals surface area (Å²) in [6, 6.07) is 14.2. The third-order valence-corrected chi connectivity index (χ3v) is 5.38. The van der Waals surface area contributed by atoms with Crippen LogP contribution in [0.1, 0.15) is 22.7 Å². The van der Waals surface area contributed by atoms with Gasteiger partial charge in [-0.2, -0.15) is 0 Å². The number of pyridine rings is 1. The van der Waals surface area contributed by atoms with Crippen molar-refractivity contribution in [2.24, 2.45) is 0 Å². The zero-order valence-corrected chi connectivity index (χ0v) is 17.3. The number of aliphatic hydroxyl groups is 1. The van der Waals surface area contributed by atoms with Gasteiger partial charge in [0, 0.05) is 41.7 Å². The molecule has 1 aliphatic rings. The maximum Gasteiger partial charge on any atom is 0.295 e. The molecule has 1 N–H and O–H groups in total. The Labute approximate surface area is 187 Å². The van der Waals surface area contributed by atoms with E-state index < -0.39 is 22.7 Å². The Balaban J connectivity index is 1.89. The summed E-state index contributed by atoms with van der Waals surface area (Å²) in [7, 11) is 0. The zero-order chi connectivity index (χ0) is 22.8. The molecule has 1 amide bonds. The number of aromatic nitrogens is 1. The summed E-state index contributed by atoms with van der Waals surface area (Å²) in [5, 5.41) is 22.7. The van der Waals surface area contributed by atoms with E-state index in [1.807, 2.05) is 0 Å². The smallest absolute Gasteiger partial charge is 0.295 e.